The van der Waals surface area contributed by atoms with Crippen LogP contribution in [0.2, 0.25) is 0 Å². The van der Waals surface area contributed by atoms with Crippen LogP contribution in [-0.2, 0) is 10.8 Å². The van der Waals surface area contributed by atoms with Crippen LogP contribution in [0.1, 0.15) is 5.56 Å². The topological polar surface area (TPSA) is 54.0 Å². The molecule has 0 unspecified atom stereocenters. The molecule has 0 saturated carbocycles. The van der Waals surface area contributed by atoms with Gasteiger partial charge in [0.15, 0.2) is 0 Å². The molecule has 1 N–H and O–H groups in total. The van der Waals surface area contributed by atoms with E-state index in [-0.39, 0.29) is 5.69 Å². The molecule has 2 heterocycles. The maximum absolute atomic E-state index is 13.9. The molecule has 0 aromatic heterocycles. The number of urea groups is 1. The summed E-state index contributed by atoms with van der Waals surface area (Å²) in [5.74, 6) is -0.708. The van der Waals surface area contributed by atoms with E-state index in [9.17, 15) is 22.4 Å². The second-order valence-corrected chi connectivity index (χ2v) is 7.82. The van der Waals surface area contributed by atoms with Gasteiger partial charge < -0.3 is 19.9 Å². The Balaban J connectivity index is 1.41. The molecule has 0 spiro atoms. The van der Waals surface area contributed by atoms with Crippen LogP contribution in [0, 0.1) is 0 Å². The molecular weight excluding hydrogens is 438 g/mol. The first-order valence-electron chi connectivity index (χ1n) is 9.42. The molecule has 2 aromatic rings. The number of benzene rings is 2. The number of hydrogen-bond donors (Lipinski definition) is 1. The molecule has 11 heteroatoms. The van der Waals surface area contributed by atoms with Crippen molar-refractivity contribution in [1.29, 1.82) is 0 Å². The average Bonchev–Trinajstić information content (AvgIpc) is 2.73. The normalized spacial score (nSPS) is 19.4. The lowest BCUT2D eigenvalue weighted by Gasteiger charge is -2.36. The number of ether oxygens (including phenoxy) is 2. The number of rotatable bonds is 3. The minimum Gasteiger partial charge on any atom is -0.409 e. The van der Waals surface area contributed by atoms with Gasteiger partial charge in [-0.2, -0.15) is 8.78 Å². The Kier molecular flexibility index (Phi) is 5.65. The van der Waals surface area contributed by atoms with Gasteiger partial charge in [-0.1, -0.05) is 12.1 Å². The van der Waals surface area contributed by atoms with Crippen molar-refractivity contribution in [3.8, 4) is 5.75 Å². The number of carbonyl (C=O) groups excluding carboxylic acids is 1. The van der Waals surface area contributed by atoms with Crippen molar-refractivity contribution < 1.29 is 31.8 Å². The Bertz CT molecular complexity index is 984. The summed E-state index contributed by atoms with van der Waals surface area (Å²) < 4.78 is 61.6. The molecule has 6 nitrogen and oxygen atoms in total. The Morgan fingerprint density at radius 3 is 2.48 bits per heavy atom. The van der Waals surface area contributed by atoms with Crippen LogP contribution in [0.25, 0.3) is 0 Å². The number of anilines is 2. The molecule has 0 aliphatic carbocycles. The fraction of sp³-hybridized carbons (Fsp3) is 0.350. The van der Waals surface area contributed by atoms with E-state index in [4.69, 9.17) is 0 Å². The van der Waals surface area contributed by atoms with E-state index < -0.39 is 29.7 Å². The first kappa shape index (κ1) is 21.6. The SMILES string of the molecule is CSc1ccccc1N1CCN(C(=O)Nc2ccc3c(c2)C(F)(F)OC(F)(F)O3)CC1. The highest BCUT2D eigenvalue weighted by atomic mass is 32.2. The minimum absolute atomic E-state index is 0.0241. The van der Waals surface area contributed by atoms with Gasteiger partial charge in [0.25, 0.3) is 0 Å². The number of piperazine rings is 1. The quantitative estimate of drug-likeness (QED) is 0.532. The summed E-state index contributed by atoms with van der Waals surface area (Å²) in [6.07, 6.45) is -6.69. The number of amides is 2. The summed E-state index contributed by atoms with van der Waals surface area (Å²) in [6, 6.07) is 10.6. The van der Waals surface area contributed by atoms with Crippen LogP contribution in [0.3, 0.4) is 0 Å². The van der Waals surface area contributed by atoms with Crippen molar-refractivity contribution >= 4 is 29.2 Å². The van der Waals surface area contributed by atoms with Gasteiger partial charge in [0, 0.05) is 36.8 Å². The zero-order valence-electron chi connectivity index (χ0n) is 16.4. The summed E-state index contributed by atoms with van der Waals surface area (Å²) in [5, 5.41) is 2.53. The molecule has 2 aliphatic rings. The Morgan fingerprint density at radius 2 is 1.77 bits per heavy atom. The van der Waals surface area contributed by atoms with E-state index in [1.165, 1.54) is 6.07 Å². The fourth-order valence-electron chi connectivity index (χ4n) is 3.52. The first-order valence-corrected chi connectivity index (χ1v) is 10.6. The second kappa shape index (κ2) is 8.12. The van der Waals surface area contributed by atoms with E-state index in [0.29, 0.717) is 26.2 Å². The van der Waals surface area contributed by atoms with Gasteiger partial charge in [-0.15, -0.1) is 20.5 Å². The maximum atomic E-state index is 13.9. The number of nitrogens with one attached hydrogen (secondary N) is 1. The molecule has 1 fully saturated rings. The lowest BCUT2D eigenvalue weighted by molar-refractivity contribution is -0.461. The third-order valence-electron chi connectivity index (χ3n) is 5.01. The molecule has 31 heavy (non-hydrogen) atoms. The van der Waals surface area contributed by atoms with Crippen LogP contribution in [0.4, 0.5) is 33.7 Å². The van der Waals surface area contributed by atoms with Crippen LogP contribution >= 0.6 is 11.8 Å². The minimum atomic E-state index is -4.43. The standard InChI is InChI=1S/C20H19F4N3O3S/c1-31-17-5-3-2-4-15(17)26-8-10-27(11-9-26)18(28)25-13-6-7-16-14(12-13)19(21,22)30-20(23,24)29-16/h2-7,12H,8-11H2,1H3,(H,25,28). The van der Waals surface area contributed by atoms with Gasteiger partial charge in [-0.3, -0.25) is 0 Å². The predicted molar refractivity (Wildman–Crippen MR) is 108 cm³/mol. The van der Waals surface area contributed by atoms with Crippen molar-refractivity contribution in [2.45, 2.75) is 17.3 Å². The number of thioether (sulfide) groups is 1. The van der Waals surface area contributed by atoms with Crippen molar-refractivity contribution in [3.63, 3.8) is 0 Å². The predicted octanol–water partition coefficient (Wildman–Crippen LogP) is 4.77. The number of halogens is 4. The van der Waals surface area contributed by atoms with Gasteiger partial charge in [0.1, 0.15) is 5.75 Å². The summed E-state index contributed by atoms with van der Waals surface area (Å²) in [4.78, 5) is 17.5. The number of alkyl halides is 4. The van der Waals surface area contributed by atoms with Crippen LogP contribution in [0.5, 0.6) is 5.75 Å². The largest absolute Gasteiger partial charge is 0.540 e. The zero-order valence-corrected chi connectivity index (χ0v) is 17.2. The average molecular weight is 457 g/mol. The van der Waals surface area contributed by atoms with E-state index in [2.05, 4.69) is 19.7 Å². The third-order valence-corrected chi connectivity index (χ3v) is 5.80. The Hall–Kier alpha value is -2.66. The number of nitrogens with zero attached hydrogens (tertiary/aromatic N) is 2. The van der Waals surface area contributed by atoms with Gasteiger partial charge in [0.2, 0.25) is 0 Å². The van der Waals surface area contributed by atoms with Gasteiger partial charge in [-0.25, -0.2) is 9.53 Å². The summed E-state index contributed by atoms with van der Waals surface area (Å²) in [6.45, 7) is 2.11. The monoisotopic (exact) mass is 457 g/mol. The smallest absolute Gasteiger partial charge is 0.409 e. The first-order chi connectivity index (χ1) is 14.7. The van der Waals surface area contributed by atoms with Crippen LogP contribution in [0.15, 0.2) is 47.4 Å². The lowest BCUT2D eigenvalue weighted by atomic mass is 10.1. The second-order valence-electron chi connectivity index (χ2n) is 6.97. The molecule has 2 amide bonds. The lowest BCUT2D eigenvalue weighted by Crippen LogP contribution is -2.50. The zero-order chi connectivity index (χ0) is 22.2. The van der Waals surface area contributed by atoms with Crippen LogP contribution in [-0.4, -0.2) is 49.7 Å². The van der Waals surface area contributed by atoms with E-state index in [1.807, 2.05) is 30.5 Å². The molecule has 0 radical (unpaired) electrons. The summed E-state index contributed by atoms with van der Waals surface area (Å²) >= 11 is 1.65. The van der Waals surface area contributed by atoms with E-state index in [0.717, 1.165) is 22.7 Å². The Labute approximate surface area is 180 Å². The van der Waals surface area contributed by atoms with Gasteiger partial charge >= 0.3 is 18.4 Å². The van der Waals surface area contributed by atoms with Crippen LogP contribution < -0.4 is 15.0 Å². The summed E-state index contributed by atoms with van der Waals surface area (Å²) in [7, 11) is 0. The number of fused-ring (bicyclic) bond motifs is 1. The van der Waals surface area contributed by atoms with Crippen molar-refractivity contribution in [1.82, 2.24) is 4.90 Å². The molecule has 0 atom stereocenters. The van der Waals surface area contributed by atoms with E-state index >= 15 is 0 Å². The molecule has 166 valence electrons. The fourth-order valence-corrected chi connectivity index (χ4v) is 4.14. The number of carbonyl (C=O) groups is 1. The van der Waals surface area contributed by atoms with E-state index in [1.54, 1.807) is 16.7 Å². The number of para-hydroxylation sites is 1. The summed E-state index contributed by atoms with van der Waals surface area (Å²) in [5.41, 5.74) is 0.245. The molecule has 1 saturated heterocycles. The van der Waals surface area contributed by atoms with Gasteiger partial charge in [0.05, 0.1) is 11.3 Å². The molecular formula is C20H19F4N3O3S. The van der Waals surface area contributed by atoms with Crippen molar-refractivity contribution in [2.75, 3.05) is 42.7 Å². The molecule has 0 bridgehead atoms. The molecule has 2 aromatic carbocycles. The highest BCUT2D eigenvalue weighted by Gasteiger charge is 2.54. The molecule has 2 aliphatic heterocycles. The number of hydrogen-bond acceptors (Lipinski definition) is 5. The maximum Gasteiger partial charge on any atom is 0.540 e. The molecule has 4 rings (SSSR count). The van der Waals surface area contributed by atoms with Gasteiger partial charge in [-0.05, 0) is 36.6 Å². The van der Waals surface area contributed by atoms with Crippen molar-refractivity contribution in [3.05, 3.63) is 48.0 Å². The highest BCUT2D eigenvalue weighted by Crippen LogP contribution is 2.46. The highest BCUT2D eigenvalue weighted by molar-refractivity contribution is 7.98. The van der Waals surface area contributed by atoms with Crippen molar-refractivity contribution in [2.24, 2.45) is 0 Å². The Morgan fingerprint density at radius 1 is 1.06 bits per heavy atom. The third kappa shape index (κ3) is 4.52.